The third kappa shape index (κ3) is 3.80. The highest BCUT2D eigenvalue weighted by atomic mass is 14.6. The van der Waals surface area contributed by atoms with Crippen LogP contribution in [0.4, 0.5) is 0 Å². The second kappa shape index (κ2) is 7.55. The Hall–Kier alpha value is -3.26. The quantitative estimate of drug-likeness (QED) is 0.415. The minimum atomic E-state index is 0.475. The molecule has 0 saturated carbocycles. The van der Waals surface area contributed by atoms with Crippen LogP contribution in [0.1, 0.15) is 36.5 Å². The summed E-state index contributed by atoms with van der Waals surface area (Å²) in [6.07, 6.45) is 9.74. The van der Waals surface area contributed by atoms with Gasteiger partial charge in [0.2, 0.25) is 0 Å². The SMILES string of the molecule is CC(C)c1cc(-c2cccc(/C=C/c3ccncc3)c2)c2ncccc2c1. The average molecular weight is 350 g/mol. The molecule has 0 fully saturated rings. The molecule has 0 radical (unpaired) electrons. The molecule has 2 aromatic carbocycles. The lowest BCUT2D eigenvalue weighted by Gasteiger charge is -2.12. The van der Waals surface area contributed by atoms with E-state index in [1.54, 1.807) is 0 Å². The standard InChI is InChI=1S/C25H22N2/c1-18(2)23-16-22-7-4-12-27-25(22)24(17-23)21-6-3-5-20(15-21)9-8-19-10-13-26-14-11-19/h3-18H,1-2H3/b9-8+. The fourth-order valence-electron chi connectivity index (χ4n) is 3.25. The summed E-state index contributed by atoms with van der Waals surface area (Å²) in [5.74, 6) is 0.475. The molecule has 27 heavy (non-hydrogen) atoms. The van der Waals surface area contributed by atoms with Crippen molar-refractivity contribution in [3.8, 4) is 11.1 Å². The van der Waals surface area contributed by atoms with E-state index < -0.39 is 0 Å². The van der Waals surface area contributed by atoms with Gasteiger partial charge in [-0.05, 0) is 64.6 Å². The van der Waals surface area contributed by atoms with Crippen molar-refractivity contribution in [2.45, 2.75) is 19.8 Å². The smallest absolute Gasteiger partial charge is 0.0780 e. The summed E-state index contributed by atoms with van der Waals surface area (Å²) < 4.78 is 0. The summed E-state index contributed by atoms with van der Waals surface area (Å²) in [6.45, 7) is 4.46. The number of aromatic nitrogens is 2. The van der Waals surface area contributed by atoms with E-state index in [4.69, 9.17) is 0 Å². The van der Waals surface area contributed by atoms with Crippen LogP contribution >= 0.6 is 0 Å². The number of hydrogen-bond acceptors (Lipinski definition) is 2. The molecule has 0 aliphatic carbocycles. The highest BCUT2D eigenvalue weighted by molar-refractivity contribution is 5.94. The van der Waals surface area contributed by atoms with Crippen LogP contribution < -0.4 is 0 Å². The third-order valence-electron chi connectivity index (χ3n) is 4.77. The van der Waals surface area contributed by atoms with Gasteiger partial charge in [-0.3, -0.25) is 9.97 Å². The predicted octanol–water partition coefficient (Wildman–Crippen LogP) is 6.59. The summed E-state index contributed by atoms with van der Waals surface area (Å²) in [4.78, 5) is 8.72. The maximum Gasteiger partial charge on any atom is 0.0780 e. The van der Waals surface area contributed by atoms with Gasteiger partial charge < -0.3 is 0 Å². The third-order valence-corrected chi connectivity index (χ3v) is 4.77. The molecule has 2 heteroatoms. The van der Waals surface area contributed by atoms with E-state index in [9.17, 15) is 0 Å². The first-order chi connectivity index (χ1) is 13.2. The average Bonchev–Trinajstić information content (AvgIpc) is 2.72. The molecule has 0 N–H and O–H groups in total. The molecular weight excluding hydrogens is 328 g/mol. The molecule has 0 spiro atoms. The van der Waals surface area contributed by atoms with Crippen LogP contribution in [-0.4, -0.2) is 9.97 Å². The zero-order valence-corrected chi connectivity index (χ0v) is 15.6. The summed E-state index contributed by atoms with van der Waals surface area (Å²) in [7, 11) is 0. The summed E-state index contributed by atoms with van der Waals surface area (Å²) in [5.41, 5.74) is 7.09. The molecule has 0 bridgehead atoms. The minimum Gasteiger partial charge on any atom is -0.265 e. The van der Waals surface area contributed by atoms with Crippen molar-refractivity contribution in [2.75, 3.05) is 0 Å². The Labute approximate surface area is 160 Å². The van der Waals surface area contributed by atoms with Gasteiger partial charge in [0.25, 0.3) is 0 Å². The van der Waals surface area contributed by atoms with E-state index in [0.29, 0.717) is 5.92 Å². The van der Waals surface area contributed by atoms with Crippen LogP contribution in [0, 0.1) is 0 Å². The first kappa shape index (κ1) is 17.2. The molecule has 0 aliphatic rings. The number of pyridine rings is 2. The second-order valence-electron chi connectivity index (χ2n) is 7.04. The van der Waals surface area contributed by atoms with E-state index in [-0.39, 0.29) is 0 Å². The Morgan fingerprint density at radius 1 is 0.778 bits per heavy atom. The molecule has 0 amide bonds. The van der Waals surface area contributed by atoms with E-state index in [1.165, 1.54) is 27.6 Å². The molecule has 4 rings (SSSR count). The van der Waals surface area contributed by atoms with Gasteiger partial charge in [0, 0.05) is 29.5 Å². The van der Waals surface area contributed by atoms with Crippen molar-refractivity contribution in [3.63, 3.8) is 0 Å². The number of rotatable bonds is 4. The van der Waals surface area contributed by atoms with Crippen LogP contribution in [0.3, 0.4) is 0 Å². The number of fused-ring (bicyclic) bond motifs is 1. The number of hydrogen-bond donors (Lipinski definition) is 0. The summed E-state index contributed by atoms with van der Waals surface area (Å²) >= 11 is 0. The summed E-state index contributed by atoms with van der Waals surface area (Å²) in [6, 6.07) is 21.3. The Bertz CT molecular complexity index is 1100. The Morgan fingerprint density at radius 3 is 2.41 bits per heavy atom. The number of nitrogens with zero attached hydrogens (tertiary/aromatic N) is 2. The fraction of sp³-hybridized carbons (Fsp3) is 0.120. The molecular formula is C25H22N2. The topological polar surface area (TPSA) is 25.8 Å². The lowest BCUT2D eigenvalue weighted by Crippen LogP contribution is -1.92. The lowest BCUT2D eigenvalue weighted by atomic mass is 9.93. The molecule has 2 aromatic heterocycles. The van der Waals surface area contributed by atoms with E-state index in [1.807, 2.05) is 36.8 Å². The van der Waals surface area contributed by atoms with Crippen molar-refractivity contribution in [1.82, 2.24) is 9.97 Å². The second-order valence-corrected chi connectivity index (χ2v) is 7.04. The first-order valence-electron chi connectivity index (χ1n) is 9.28. The van der Waals surface area contributed by atoms with Crippen molar-refractivity contribution < 1.29 is 0 Å². The van der Waals surface area contributed by atoms with Gasteiger partial charge in [0.05, 0.1) is 5.52 Å². The van der Waals surface area contributed by atoms with Crippen molar-refractivity contribution in [2.24, 2.45) is 0 Å². The van der Waals surface area contributed by atoms with E-state index >= 15 is 0 Å². The maximum absolute atomic E-state index is 4.66. The van der Waals surface area contributed by atoms with Crippen LogP contribution in [0.15, 0.2) is 79.3 Å². The number of benzene rings is 2. The van der Waals surface area contributed by atoms with Crippen molar-refractivity contribution in [1.29, 1.82) is 0 Å². The lowest BCUT2D eigenvalue weighted by molar-refractivity contribution is 0.869. The zero-order valence-electron chi connectivity index (χ0n) is 15.6. The molecule has 2 nitrogen and oxygen atoms in total. The Kier molecular flexibility index (Phi) is 4.80. The molecule has 0 aliphatic heterocycles. The van der Waals surface area contributed by atoms with Gasteiger partial charge in [-0.1, -0.05) is 50.3 Å². The first-order valence-corrected chi connectivity index (χ1v) is 9.28. The Balaban J connectivity index is 1.79. The van der Waals surface area contributed by atoms with E-state index in [2.05, 4.69) is 78.4 Å². The highest BCUT2D eigenvalue weighted by Crippen LogP contribution is 2.32. The van der Waals surface area contributed by atoms with E-state index in [0.717, 1.165) is 11.1 Å². The predicted molar refractivity (Wildman–Crippen MR) is 114 cm³/mol. The molecule has 0 saturated heterocycles. The monoisotopic (exact) mass is 350 g/mol. The van der Waals surface area contributed by atoms with Gasteiger partial charge in [-0.25, -0.2) is 0 Å². The van der Waals surface area contributed by atoms with Crippen LogP contribution in [0.25, 0.3) is 34.2 Å². The summed E-state index contributed by atoms with van der Waals surface area (Å²) in [5, 5.41) is 1.19. The highest BCUT2D eigenvalue weighted by Gasteiger charge is 2.10. The van der Waals surface area contributed by atoms with Gasteiger partial charge in [-0.15, -0.1) is 0 Å². The fourth-order valence-corrected chi connectivity index (χ4v) is 3.25. The minimum absolute atomic E-state index is 0.475. The molecule has 132 valence electrons. The van der Waals surface area contributed by atoms with Crippen LogP contribution in [0.2, 0.25) is 0 Å². The molecule has 0 unspecified atom stereocenters. The molecule has 0 atom stereocenters. The maximum atomic E-state index is 4.66. The molecule has 2 heterocycles. The normalized spacial score (nSPS) is 11.5. The van der Waals surface area contributed by atoms with Gasteiger partial charge in [0.15, 0.2) is 0 Å². The Morgan fingerprint density at radius 2 is 1.59 bits per heavy atom. The van der Waals surface area contributed by atoms with Crippen LogP contribution in [-0.2, 0) is 0 Å². The van der Waals surface area contributed by atoms with Gasteiger partial charge >= 0.3 is 0 Å². The van der Waals surface area contributed by atoms with Crippen molar-refractivity contribution >= 4 is 23.1 Å². The molecule has 4 aromatic rings. The van der Waals surface area contributed by atoms with Crippen molar-refractivity contribution in [3.05, 3.63) is 95.9 Å². The zero-order chi connectivity index (χ0) is 18.6. The van der Waals surface area contributed by atoms with Gasteiger partial charge in [0.1, 0.15) is 0 Å². The van der Waals surface area contributed by atoms with Crippen LogP contribution in [0.5, 0.6) is 0 Å². The van der Waals surface area contributed by atoms with Gasteiger partial charge in [-0.2, -0.15) is 0 Å². The largest absolute Gasteiger partial charge is 0.265 e.